The van der Waals surface area contributed by atoms with E-state index in [9.17, 15) is 13.9 Å². The Balaban J connectivity index is 3.04. The highest BCUT2D eigenvalue weighted by molar-refractivity contribution is 7.98. The Morgan fingerprint density at radius 3 is 2.60 bits per heavy atom. The fourth-order valence-electron chi connectivity index (χ4n) is 1.26. The third-order valence-corrected chi connectivity index (χ3v) is 2.78. The van der Waals surface area contributed by atoms with Gasteiger partial charge in [0.15, 0.2) is 0 Å². The van der Waals surface area contributed by atoms with Crippen LogP contribution in [0, 0.1) is 11.6 Å². The smallest absolute Gasteiger partial charge is 0.137 e. The summed E-state index contributed by atoms with van der Waals surface area (Å²) >= 11 is 1.13. The Hall–Kier alpha value is -0.650. The van der Waals surface area contributed by atoms with Gasteiger partial charge < -0.3 is 10.4 Å². The van der Waals surface area contributed by atoms with E-state index in [-0.39, 0.29) is 17.0 Å². The van der Waals surface area contributed by atoms with Crippen LogP contribution in [0.3, 0.4) is 0 Å². The Morgan fingerprint density at radius 1 is 1.40 bits per heavy atom. The van der Waals surface area contributed by atoms with Crippen molar-refractivity contribution in [3.05, 3.63) is 29.3 Å². The molecule has 0 aromatic heterocycles. The summed E-state index contributed by atoms with van der Waals surface area (Å²) in [5.41, 5.74) is -0.0142. The standard InChI is InChI=1S/C10H13F2NOS/c1-13-5-9(14)6-3-8(12)10(15-2)4-7(6)11/h3-4,9,13-14H,5H2,1-2H3. The molecule has 2 nitrogen and oxygen atoms in total. The van der Waals surface area contributed by atoms with Crippen LogP contribution in [0.25, 0.3) is 0 Å². The molecular formula is C10H13F2NOS. The van der Waals surface area contributed by atoms with Crippen molar-refractivity contribution in [3.8, 4) is 0 Å². The van der Waals surface area contributed by atoms with Gasteiger partial charge in [-0.05, 0) is 25.4 Å². The molecule has 1 atom stereocenters. The van der Waals surface area contributed by atoms with Crippen molar-refractivity contribution < 1.29 is 13.9 Å². The van der Waals surface area contributed by atoms with Crippen molar-refractivity contribution in [3.63, 3.8) is 0 Å². The molecule has 0 fully saturated rings. The molecule has 15 heavy (non-hydrogen) atoms. The average Bonchev–Trinajstić information content (AvgIpc) is 2.21. The molecular weight excluding hydrogens is 220 g/mol. The van der Waals surface area contributed by atoms with Gasteiger partial charge in [0, 0.05) is 17.0 Å². The first-order chi connectivity index (χ1) is 7.10. The Labute approximate surface area is 91.7 Å². The minimum atomic E-state index is -1.03. The molecule has 0 saturated heterocycles. The van der Waals surface area contributed by atoms with E-state index in [1.807, 2.05) is 0 Å². The molecule has 0 aliphatic heterocycles. The van der Waals surface area contributed by atoms with E-state index >= 15 is 0 Å². The van der Waals surface area contributed by atoms with Gasteiger partial charge in [-0.2, -0.15) is 0 Å². The fraction of sp³-hybridized carbons (Fsp3) is 0.400. The molecule has 5 heteroatoms. The normalized spacial score (nSPS) is 12.9. The van der Waals surface area contributed by atoms with Gasteiger partial charge in [0.25, 0.3) is 0 Å². The lowest BCUT2D eigenvalue weighted by atomic mass is 10.1. The van der Waals surface area contributed by atoms with Crippen molar-refractivity contribution in [1.82, 2.24) is 5.32 Å². The topological polar surface area (TPSA) is 32.3 Å². The predicted octanol–water partition coefficient (Wildman–Crippen LogP) is 1.94. The molecule has 1 unspecified atom stereocenters. The second-order valence-electron chi connectivity index (χ2n) is 3.08. The lowest BCUT2D eigenvalue weighted by molar-refractivity contribution is 0.172. The van der Waals surface area contributed by atoms with Crippen molar-refractivity contribution >= 4 is 11.8 Å². The van der Waals surface area contributed by atoms with E-state index in [0.29, 0.717) is 0 Å². The number of likely N-dealkylation sites (N-methyl/N-ethyl adjacent to an activating group) is 1. The third-order valence-electron chi connectivity index (χ3n) is 2.03. The zero-order chi connectivity index (χ0) is 11.4. The van der Waals surface area contributed by atoms with E-state index in [2.05, 4.69) is 5.32 Å². The molecule has 0 saturated carbocycles. The SMILES string of the molecule is CNCC(O)c1cc(F)c(SC)cc1F. The van der Waals surface area contributed by atoms with Crippen LogP contribution in [0.15, 0.2) is 17.0 Å². The van der Waals surface area contributed by atoms with Gasteiger partial charge in [-0.1, -0.05) is 0 Å². The maximum Gasteiger partial charge on any atom is 0.137 e. The van der Waals surface area contributed by atoms with Gasteiger partial charge >= 0.3 is 0 Å². The second-order valence-corrected chi connectivity index (χ2v) is 3.93. The first-order valence-electron chi connectivity index (χ1n) is 4.45. The van der Waals surface area contributed by atoms with Crippen LogP contribution < -0.4 is 5.32 Å². The van der Waals surface area contributed by atoms with E-state index in [1.54, 1.807) is 13.3 Å². The molecule has 0 aliphatic rings. The highest BCUT2D eigenvalue weighted by atomic mass is 32.2. The van der Waals surface area contributed by atoms with Crippen LogP contribution in [-0.4, -0.2) is 25.0 Å². The number of nitrogens with one attached hydrogen (secondary N) is 1. The van der Waals surface area contributed by atoms with E-state index in [0.717, 1.165) is 23.9 Å². The maximum absolute atomic E-state index is 13.4. The summed E-state index contributed by atoms with van der Waals surface area (Å²) < 4.78 is 26.7. The van der Waals surface area contributed by atoms with E-state index in [1.165, 1.54) is 0 Å². The van der Waals surface area contributed by atoms with Gasteiger partial charge in [-0.3, -0.25) is 0 Å². The van der Waals surface area contributed by atoms with Crippen molar-refractivity contribution in [2.75, 3.05) is 19.8 Å². The summed E-state index contributed by atoms with van der Waals surface area (Å²) in [6.07, 6.45) is 0.641. The quantitative estimate of drug-likeness (QED) is 0.779. The minimum Gasteiger partial charge on any atom is -0.387 e. The van der Waals surface area contributed by atoms with Gasteiger partial charge in [0.05, 0.1) is 6.10 Å². The van der Waals surface area contributed by atoms with Gasteiger partial charge in [-0.15, -0.1) is 11.8 Å². The highest BCUT2D eigenvalue weighted by Crippen LogP contribution is 2.25. The molecule has 0 spiro atoms. The van der Waals surface area contributed by atoms with E-state index < -0.39 is 17.7 Å². The monoisotopic (exact) mass is 233 g/mol. The van der Waals surface area contributed by atoms with Gasteiger partial charge in [0.2, 0.25) is 0 Å². The maximum atomic E-state index is 13.4. The number of thioether (sulfide) groups is 1. The number of hydrogen-bond acceptors (Lipinski definition) is 3. The first-order valence-corrected chi connectivity index (χ1v) is 5.68. The van der Waals surface area contributed by atoms with Crippen LogP contribution in [-0.2, 0) is 0 Å². The Bertz CT molecular complexity index is 346. The van der Waals surface area contributed by atoms with Gasteiger partial charge in [-0.25, -0.2) is 8.78 Å². The van der Waals surface area contributed by atoms with Crippen molar-refractivity contribution in [1.29, 1.82) is 0 Å². The largest absolute Gasteiger partial charge is 0.387 e. The number of rotatable bonds is 4. The molecule has 2 N–H and O–H groups in total. The lowest BCUT2D eigenvalue weighted by Gasteiger charge is -2.12. The van der Waals surface area contributed by atoms with Crippen LogP contribution in [0.1, 0.15) is 11.7 Å². The Kier molecular flexibility index (Phi) is 4.50. The van der Waals surface area contributed by atoms with Crippen molar-refractivity contribution in [2.45, 2.75) is 11.0 Å². The second kappa shape index (κ2) is 5.44. The number of aliphatic hydroxyl groups is 1. The van der Waals surface area contributed by atoms with Crippen LogP contribution in [0.2, 0.25) is 0 Å². The first kappa shape index (κ1) is 12.4. The molecule has 1 rings (SSSR count). The zero-order valence-corrected chi connectivity index (χ0v) is 9.37. The summed E-state index contributed by atoms with van der Waals surface area (Å²) in [6.45, 7) is 0.189. The summed E-state index contributed by atoms with van der Waals surface area (Å²) in [5.74, 6) is -1.09. The van der Waals surface area contributed by atoms with Crippen LogP contribution in [0.5, 0.6) is 0 Å². The fourth-order valence-corrected chi connectivity index (χ4v) is 1.73. The summed E-state index contributed by atoms with van der Waals surface area (Å²) in [4.78, 5) is 0.243. The molecule has 0 bridgehead atoms. The van der Waals surface area contributed by atoms with E-state index in [4.69, 9.17) is 0 Å². The lowest BCUT2D eigenvalue weighted by Crippen LogP contribution is -2.18. The third kappa shape index (κ3) is 2.90. The number of aliphatic hydroxyl groups excluding tert-OH is 1. The number of hydrogen-bond donors (Lipinski definition) is 2. The highest BCUT2D eigenvalue weighted by Gasteiger charge is 2.15. The summed E-state index contributed by atoms with van der Waals surface area (Å²) in [7, 11) is 1.63. The molecule has 84 valence electrons. The number of benzene rings is 1. The van der Waals surface area contributed by atoms with Crippen molar-refractivity contribution in [2.24, 2.45) is 0 Å². The molecule has 0 radical (unpaired) electrons. The molecule has 1 aromatic carbocycles. The molecule has 0 amide bonds. The summed E-state index contributed by atoms with van der Waals surface area (Å²) in [6, 6.07) is 2.15. The molecule has 0 heterocycles. The minimum absolute atomic E-state index is 0.0142. The average molecular weight is 233 g/mol. The van der Waals surface area contributed by atoms with Crippen LogP contribution in [0.4, 0.5) is 8.78 Å². The zero-order valence-electron chi connectivity index (χ0n) is 8.55. The van der Waals surface area contributed by atoms with Crippen LogP contribution >= 0.6 is 11.8 Å². The predicted molar refractivity (Wildman–Crippen MR) is 57.0 cm³/mol. The number of halogens is 2. The summed E-state index contributed by atoms with van der Waals surface area (Å²) in [5, 5.41) is 12.2. The molecule has 0 aliphatic carbocycles. The molecule has 1 aromatic rings. The van der Waals surface area contributed by atoms with Gasteiger partial charge in [0.1, 0.15) is 11.6 Å². The Morgan fingerprint density at radius 2 is 2.07 bits per heavy atom.